The zero-order valence-electron chi connectivity index (χ0n) is 9.98. The van der Waals surface area contributed by atoms with Gasteiger partial charge in [0.25, 0.3) is 0 Å². The normalized spacial score (nSPS) is 11.9. The SMILES string of the molecule is C#CCN(CCC)c1ncccc1C(C)N. The highest BCUT2D eigenvalue weighted by Crippen LogP contribution is 2.22. The number of rotatable bonds is 5. The predicted octanol–water partition coefficient (Wildman–Crippen LogP) is 1.95. The Morgan fingerprint density at radius 2 is 2.38 bits per heavy atom. The van der Waals surface area contributed by atoms with Gasteiger partial charge in [0.1, 0.15) is 5.82 Å². The molecule has 0 saturated heterocycles. The third-order valence-corrected chi connectivity index (χ3v) is 2.38. The van der Waals surface area contributed by atoms with Crippen LogP contribution in [0.2, 0.25) is 0 Å². The van der Waals surface area contributed by atoms with E-state index in [0.717, 1.165) is 24.3 Å². The average molecular weight is 217 g/mol. The molecule has 0 aliphatic rings. The van der Waals surface area contributed by atoms with Gasteiger partial charge in [-0.05, 0) is 19.4 Å². The molecule has 0 radical (unpaired) electrons. The number of pyridine rings is 1. The summed E-state index contributed by atoms with van der Waals surface area (Å²) >= 11 is 0. The highest BCUT2D eigenvalue weighted by molar-refractivity contribution is 5.49. The first-order valence-corrected chi connectivity index (χ1v) is 5.59. The van der Waals surface area contributed by atoms with Gasteiger partial charge < -0.3 is 10.6 Å². The van der Waals surface area contributed by atoms with Crippen molar-refractivity contribution in [2.24, 2.45) is 5.73 Å². The third kappa shape index (κ3) is 2.98. The number of anilines is 1. The molecule has 0 fully saturated rings. The standard InChI is InChI=1S/C13H19N3/c1-4-9-16(10-5-2)13-12(11(3)14)7-6-8-15-13/h1,6-8,11H,5,9-10,14H2,2-3H3. The molecule has 16 heavy (non-hydrogen) atoms. The van der Waals surface area contributed by atoms with E-state index in [1.807, 2.05) is 19.1 Å². The smallest absolute Gasteiger partial charge is 0.134 e. The molecule has 1 heterocycles. The van der Waals surface area contributed by atoms with Crippen molar-refractivity contribution >= 4 is 5.82 Å². The summed E-state index contributed by atoms with van der Waals surface area (Å²) in [6, 6.07) is 3.88. The highest BCUT2D eigenvalue weighted by atomic mass is 15.2. The largest absolute Gasteiger partial charge is 0.345 e. The van der Waals surface area contributed by atoms with Crippen molar-refractivity contribution in [1.29, 1.82) is 0 Å². The molecule has 0 saturated carbocycles. The molecule has 1 atom stereocenters. The second-order valence-corrected chi connectivity index (χ2v) is 3.83. The second-order valence-electron chi connectivity index (χ2n) is 3.83. The van der Waals surface area contributed by atoms with Crippen LogP contribution in [0.1, 0.15) is 31.9 Å². The van der Waals surface area contributed by atoms with E-state index in [0.29, 0.717) is 6.54 Å². The number of hydrogen-bond acceptors (Lipinski definition) is 3. The molecule has 86 valence electrons. The molecule has 2 N–H and O–H groups in total. The maximum atomic E-state index is 5.93. The minimum absolute atomic E-state index is 0.0270. The van der Waals surface area contributed by atoms with Crippen molar-refractivity contribution in [2.75, 3.05) is 18.0 Å². The molecular formula is C13H19N3. The maximum Gasteiger partial charge on any atom is 0.134 e. The molecule has 0 spiro atoms. The Labute approximate surface area is 97.7 Å². The molecule has 0 aromatic carbocycles. The predicted molar refractivity (Wildman–Crippen MR) is 68.2 cm³/mol. The molecule has 0 bridgehead atoms. The molecular weight excluding hydrogens is 198 g/mol. The van der Waals surface area contributed by atoms with Gasteiger partial charge in [-0.3, -0.25) is 0 Å². The number of terminal acetylenes is 1. The lowest BCUT2D eigenvalue weighted by Gasteiger charge is -2.24. The Morgan fingerprint density at radius 3 is 2.94 bits per heavy atom. The van der Waals surface area contributed by atoms with Gasteiger partial charge in [-0.2, -0.15) is 0 Å². The summed E-state index contributed by atoms with van der Waals surface area (Å²) in [5, 5.41) is 0. The van der Waals surface area contributed by atoms with E-state index >= 15 is 0 Å². The lowest BCUT2D eigenvalue weighted by molar-refractivity contribution is 0.764. The monoisotopic (exact) mass is 217 g/mol. The van der Waals surface area contributed by atoms with Crippen molar-refractivity contribution in [3.63, 3.8) is 0 Å². The first-order valence-electron chi connectivity index (χ1n) is 5.59. The van der Waals surface area contributed by atoms with Gasteiger partial charge in [-0.25, -0.2) is 4.98 Å². The number of nitrogens with two attached hydrogens (primary N) is 1. The van der Waals surface area contributed by atoms with Crippen LogP contribution in [0.3, 0.4) is 0 Å². The van der Waals surface area contributed by atoms with Crippen LogP contribution in [0.25, 0.3) is 0 Å². The highest BCUT2D eigenvalue weighted by Gasteiger charge is 2.13. The van der Waals surface area contributed by atoms with Crippen LogP contribution in [0.4, 0.5) is 5.82 Å². The van der Waals surface area contributed by atoms with E-state index in [9.17, 15) is 0 Å². The summed E-state index contributed by atoms with van der Waals surface area (Å²) < 4.78 is 0. The summed E-state index contributed by atoms with van der Waals surface area (Å²) in [4.78, 5) is 6.48. The van der Waals surface area contributed by atoms with E-state index in [1.165, 1.54) is 0 Å². The van der Waals surface area contributed by atoms with Crippen molar-refractivity contribution < 1.29 is 0 Å². The zero-order valence-corrected chi connectivity index (χ0v) is 9.98. The Balaban J connectivity index is 3.03. The molecule has 0 aliphatic carbocycles. The molecule has 1 aromatic rings. The lowest BCUT2D eigenvalue weighted by Crippen LogP contribution is -2.27. The van der Waals surface area contributed by atoms with Crippen LogP contribution in [0, 0.1) is 12.3 Å². The molecule has 3 nitrogen and oxygen atoms in total. The molecule has 3 heteroatoms. The lowest BCUT2D eigenvalue weighted by atomic mass is 10.1. The van der Waals surface area contributed by atoms with Crippen LogP contribution in [-0.4, -0.2) is 18.1 Å². The molecule has 0 aliphatic heterocycles. The van der Waals surface area contributed by atoms with E-state index in [-0.39, 0.29) is 6.04 Å². The van der Waals surface area contributed by atoms with Gasteiger partial charge in [0.2, 0.25) is 0 Å². The summed E-state index contributed by atoms with van der Waals surface area (Å²) in [5.41, 5.74) is 6.97. The fourth-order valence-electron chi connectivity index (χ4n) is 1.67. The number of nitrogens with zero attached hydrogens (tertiary/aromatic N) is 2. The fourth-order valence-corrected chi connectivity index (χ4v) is 1.67. The van der Waals surface area contributed by atoms with Gasteiger partial charge in [0.15, 0.2) is 0 Å². The number of hydrogen-bond donors (Lipinski definition) is 1. The van der Waals surface area contributed by atoms with Crippen LogP contribution in [0.15, 0.2) is 18.3 Å². The van der Waals surface area contributed by atoms with Crippen LogP contribution in [-0.2, 0) is 0 Å². The van der Waals surface area contributed by atoms with Crippen molar-refractivity contribution in [2.45, 2.75) is 26.3 Å². The first kappa shape index (κ1) is 12.5. The third-order valence-electron chi connectivity index (χ3n) is 2.38. The van der Waals surface area contributed by atoms with Crippen LogP contribution >= 0.6 is 0 Å². The second kappa shape index (κ2) is 6.14. The van der Waals surface area contributed by atoms with E-state index in [1.54, 1.807) is 6.20 Å². The van der Waals surface area contributed by atoms with Gasteiger partial charge in [-0.15, -0.1) is 6.42 Å². The van der Waals surface area contributed by atoms with Crippen molar-refractivity contribution in [3.8, 4) is 12.3 Å². The van der Waals surface area contributed by atoms with E-state index in [4.69, 9.17) is 12.2 Å². The summed E-state index contributed by atoms with van der Waals surface area (Å²) in [7, 11) is 0. The Bertz CT molecular complexity index is 366. The minimum atomic E-state index is -0.0270. The first-order chi connectivity index (χ1) is 7.70. The van der Waals surface area contributed by atoms with Crippen LogP contribution in [0.5, 0.6) is 0 Å². The van der Waals surface area contributed by atoms with Gasteiger partial charge in [-0.1, -0.05) is 18.9 Å². The van der Waals surface area contributed by atoms with Crippen molar-refractivity contribution in [3.05, 3.63) is 23.9 Å². The van der Waals surface area contributed by atoms with E-state index in [2.05, 4.69) is 22.7 Å². The Morgan fingerprint density at radius 1 is 1.62 bits per heavy atom. The van der Waals surface area contributed by atoms with E-state index < -0.39 is 0 Å². The zero-order chi connectivity index (χ0) is 12.0. The van der Waals surface area contributed by atoms with Gasteiger partial charge in [0, 0.05) is 24.3 Å². The molecule has 1 rings (SSSR count). The topological polar surface area (TPSA) is 42.2 Å². The molecule has 1 aromatic heterocycles. The number of aromatic nitrogens is 1. The fraction of sp³-hybridized carbons (Fsp3) is 0.462. The molecule has 1 unspecified atom stereocenters. The summed E-state index contributed by atoms with van der Waals surface area (Å²) in [6.07, 6.45) is 8.19. The van der Waals surface area contributed by atoms with Crippen LogP contribution < -0.4 is 10.6 Å². The summed E-state index contributed by atoms with van der Waals surface area (Å²) in [6.45, 7) is 5.56. The van der Waals surface area contributed by atoms with Gasteiger partial charge >= 0.3 is 0 Å². The Kier molecular flexibility index (Phi) is 4.81. The Hall–Kier alpha value is -1.53. The van der Waals surface area contributed by atoms with Gasteiger partial charge in [0.05, 0.1) is 6.54 Å². The molecule has 0 amide bonds. The minimum Gasteiger partial charge on any atom is -0.345 e. The average Bonchev–Trinajstić information content (AvgIpc) is 2.29. The van der Waals surface area contributed by atoms with Crippen molar-refractivity contribution in [1.82, 2.24) is 4.98 Å². The quantitative estimate of drug-likeness (QED) is 0.766. The summed E-state index contributed by atoms with van der Waals surface area (Å²) in [5.74, 6) is 3.58. The maximum absolute atomic E-state index is 5.93.